The van der Waals surface area contributed by atoms with Crippen LogP contribution in [-0.4, -0.2) is 18.0 Å². The molecule has 0 atom stereocenters. The first-order valence-electron chi connectivity index (χ1n) is 6.38. The van der Waals surface area contributed by atoms with E-state index in [1.807, 2.05) is 13.1 Å². The molecular formula is C14H16BrFN4S. The lowest BCUT2D eigenvalue weighted by atomic mass is 10.2. The zero-order valence-electron chi connectivity index (χ0n) is 11.8. The summed E-state index contributed by atoms with van der Waals surface area (Å²) in [5.41, 5.74) is 0.581. The van der Waals surface area contributed by atoms with Gasteiger partial charge in [-0.1, -0.05) is 15.9 Å². The molecule has 1 aromatic heterocycles. The van der Waals surface area contributed by atoms with Crippen LogP contribution < -0.4 is 10.6 Å². The molecule has 112 valence electrons. The summed E-state index contributed by atoms with van der Waals surface area (Å²) in [5, 5.41) is 7.23. The molecule has 4 nitrogen and oxygen atoms in total. The van der Waals surface area contributed by atoms with E-state index in [0.717, 1.165) is 9.48 Å². The van der Waals surface area contributed by atoms with Crippen LogP contribution in [0.4, 0.5) is 4.39 Å². The van der Waals surface area contributed by atoms with E-state index in [1.165, 1.54) is 10.9 Å². The molecule has 1 heterocycles. The second-order valence-electron chi connectivity index (χ2n) is 4.38. The quantitative estimate of drug-likeness (QED) is 0.641. The smallest absolute Gasteiger partial charge is 0.191 e. The van der Waals surface area contributed by atoms with E-state index in [4.69, 9.17) is 0 Å². The van der Waals surface area contributed by atoms with Crippen molar-refractivity contribution in [3.8, 4) is 0 Å². The Morgan fingerprint density at radius 3 is 2.81 bits per heavy atom. The monoisotopic (exact) mass is 370 g/mol. The van der Waals surface area contributed by atoms with Gasteiger partial charge in [-0.3, -0.25) is 4.99 Å². The van der Waals surface area contributed by atoms with Gasteiger partial charge in [0.15, 0.2) is 5.96 Å². The van der Waals surface area contributed by atoms with E-state index < -0.39 is 0 Å². The normalized spacial score (nSPS) is 11.5. The zero-order valence-corrected chi connectivity index (χ0v) is 14.2. The minimum absolute atomic E-state index is 0.239. The standard InChI is InChI=1S/C14H16BrFN4S/c1-9-6-18-13(21-9)8-20-14(17-2)19-7-10-5-11(15)3-4-12(10)16/h3-6H,7-8H2,1-2H3,(H2,17,19,20). The van der Waals surface area contributed by atoms with Gasteiger partial charge < -0.3 is 10.6 Å². The molecule has 2 N–H and O–H groups in total. The zero-order chi connectivity index (χ0) is 15.2. The number of rotatable bonds is 4. The van der Waals surface area contributed by atoms with Gasteiger partial charge in [0.1, 0.15) is 10.8 Å². The van der Waals surface area contributed by atoms with Gasteiger partial charge in [-0.15, -0.1) is 11.3 Å². The third-order valence-electron chi connectivity index (χ3n) is 2.75. The number of hydrogen-bond acceptors (Lipinski definition) is 3. The lowest BCUT2D eigenvalue weighted by Gasteiger charge is -2.11. The molecule has 2 aromatic rings. The molecule has 0 aliphatic rings. The average molecular weight is 371 g/mol. The molecule has 1 aromatic carbocycles. The molecule has 0 radical (unpaired) electrons. The van der Waals surface area contributed by atoms with E-state index in [0.29, 0.717) is 24.6 Å². The van der Waals surface area contributed by atoms with Crippen LogP contribution in [0.2, 0.25) is 0 Å². The Morgan fingerprint density at radius 2 is 2.14 bits per heavy atom. The van der Waals surface area contributed by atoms with Gasteiger partial charge >= 0.3 is 0 Å². The number of thiazole rings is 1. The predicted octanol–water partition coefficient (Wildman–Crippen LogP) is 3.22. The van der Waals surface area contributed by atoms with Gasteiger partial charge in [0.25, 0.3) is 0 Å². The van der Waals surface area contributed by atoms with Crippen LogP contribution in [0.15, 0.2) is 33.9 Å². The molecule has 0 bridgehead atoms. The minimum atomic E-state index is -0.239. The predicted molar refractivity (Wildman–Crippen MR) is 88.0 cm³/mol. The molecule has 0 fully saturated rings. The van der Waals surface area contributed by atoms with E-state index in [9.17, 15) is 4.39 Å². The highest BCUT2D eigenvalue weighted by Crippen LogP contribution is 2.15. The van der Waals surface area contributed by atoms with Crippen LogP contribution in [0.25, 0.3) is 0 Å². The summed E-state index contributed by atoms with van der Waals surface area (Å²) in [6, 6.07) is 4.87. The fourth-order valence-electron chi connectivity index (χ4n) is 1.72. The number of aryl methyl sites for hydroxylation is 1. The van der Waals surface area contributed by atoms with Gasteiger partial charge in [-0.05, 0) is 25.1 Å². The van der Waals surface area contributed by atoms with Crippen LogP contribution >= 0.6 is 27.3 Å². The molecule has 0 spiro atoms. The van der Waals surface area contributed by atoms with E-state index in [1.54, 1.807) is 30.5 Å². The highest BCUT2D eigenvalue weighted by molar-refractivity contribution is 9.10. The maximum absolute atomic E-state index is 13.6. The summed E-state index contributed by atoms with van der Waals surface area (Å²) in [7, 11) is 1.68. The highest BCUT2D eigenvalue weighted by Gasteiger charge is 2.05. The van der Waals surface area contributed by atoms with Crippen LogP contribution in [0.5, 0.6) is 0 Å². The molecule has 0 aliphatic heterocycles. The number of guanidine groups is 1. The summed E-state index contributed by atoms with van der Waals surface area (Å²) in [5.74, 6) is 0.374. The van der Waals surface area contributed by atoms with Crippen molar-refractivity contribution < 1.29 is 4.39 Å². The lowest BCUT2D eigenvalue weighted by molar-refractivity contribution is 0.604. The number of nitrogens with one attached hydrogen (secondary N) is 2. The van der Waals surface area contributed by atoms with Crippen LogP contribution in [0, 0.1) is 12.7 Å². The van der Waals surface area contributed by atoms with Crippen molar-refractivity contribution in [2.75, 3.05) is 7.05 Å². The third-order valence-corrected chi connectivity index (χ3v) is 4.16. The first-order valence-corrected chi connectivity index (χ1v) is 7.99. The first kappa shape index (κ1) is 15.9. The number of aromatic nitrogens is 1. The van der Waals surface area contributed by atoms with Crippen molar-refractivity contribution >= 4 is 33.2 Å². The fourth-order valence-corrected chi connectivity index (χ4v) is 2.86. The topological polar surface area (TPSA) is 49.3 Å². The molecular weight excluding hydrogens is 355 g/mol. The Morgan fingerprint density at radius 1 is 1.38 bits per heavy atom. The largest absolute Gasteiger partial charge is 0.352 e. The Hall–Kier alpha value is -1.47. The van der Waals surface area contributed by atoms with Gasteiger partial charge in [0.2, 0.25) is 0 Å². The minimum Gasteiger partial charge on any atom is -0.352 e. The van der Waals surface area contributed by atoms with Crippen molar-refractivity contribution in [2.45, 2.75) is 20.0 Å². The second kappa shape index (κ2) is 7.51. The average Bonchev–Trinajstić information content (AvgIpc) is 2.88. The molecule has 0 amide bonds. The Balaban J connectivity index is 1.89. The summed E-state index contributed by atoms with van der Waals surface area (Å²) >= 11 is 4.97. The van der Waals surface area contributed by atoms with Gasteiger partial charge in [0, 0.05) is 34.7 Å². The van der Waals surface area contributed by atoms with Crippen LogP contribution in [-0.2, 0) is 13.1 Å². The van der Waals surface area contributed by atoms with E-state index in [2.05, 4.69) is 36.5 Å². The molecule has 21 heavy (non-hydrogen) atoms. The number of benzene rings is 1. The molecule has 0 saturated carbocycles. The van der Waals surface area contributed by atoms with Crippen molar-refractivity contribution in [3.63, 3.8) is 0 Å². The molecule has 7 heteroatoms. The van der Waals surface area contributed by atoms with Gasteiger partial charge in [-0.2, -0.15) is 0 Å². The number of nitrogens with zero attached hydrogens (tertiary/aromatic N) is 2. The number of aliphatic imine (C=N–C) groups is 1. The van der Waals surface area contributed by atoms with E-state index in [-0.39, 0.29) is 5.82 Å². The maximum Gasteiger partial charge on any atom is 0.191 e. The maximum atomic E-state index is 13.6. The fraction of sp³-hybridized carbons (Fsp3) is 0.286. The Bertz CT molecular complexity index is 642. The molecule has 0 aliphatic carbocycles. The Labute approximate surface area is 135 Å². The van der Waals surface area contributed by atoms with Crippen molar-refractivity contribution in [3.05, 3.63) is 50.1 Å². The number of hydrogen-bond donors (Lipinski definition) is 2. The summed E-state index contributed by atoms with van der Waals surface area (Å²) < 4.78 is 14.5. The van der Waals surface area contributed by atoms with Crippen LogP contribution in [0.1, 0.15) is 15.4 Å². The van der Waals surface area contributed by atoms with E-state index >= 15 is 0 Å². The third kappa shape index (κ3) is 4.78. The second-order valence-corrected chi connectivity index (χ2v) is 6.61. The molecule has 0 unspecified atom stereocenters. The van der Waals surface area contributed by atoms with Crippen molar-refractivity contribution in [1.29, 1.82) is 0 Å². The molecule has 0 saturated heterocycles. The first-order chi connectivity index (χ1) is 10.1. The van der Waals surface area contributed by atoms with Gasteiger partial charge in [0.05, 0.1) is 6.54 Å². The summed E-state index contributed by atoms with van der Waals surface area (Å²) in [6.07, 6.45) is 1.84. The SMILES string of the molecule is CN=C(NCc1ncc(C)s1)NCc1cc(Br)ccc1F. The Kier molecular flexibility index (Phi) is 5.69. The van der Waals surface area contributed by atoms with Gasteiger partial charge in [-0.25, -0.2) is 9.37 Å². The molecule has 2 rings (SSSR count). The van der Waals surface area contributed by atoms with Crippen molar-refractivity contribution in [1.82, 2.24) is 15.6 Å². The lowest BCUT2D eigenvalue weighted by Crippen LogP contribution is -2.36. The van der Waals surface area contributed by atoms with Crippen LogP contribution in [0.3, 0.4) is 0 Å². The summed E-state index contributed by atoms with van der Waals surface area (Å²) in [6.45, 7) is 2.98. The highest BCUT2D eigenvalue weighted by atomic mass is 79.9. The number of halogens is 2. The van der Waals surface area contributed by atoms with Crippen molar-refractivity contribution in [2.24, 2.45) is 4.99 Å². The summed E-state index contributed by atoms with van der Waals surface area (Å²) in [4.78, 5) is 9.56.